The molecule has 2 N–H and O–H groups in total. The second kappa shape index (κ2) is 6.06. The van der Waals surface area contributed by atoms with Gasteiger partial charge in [0, 0.05) is 30.5 Å². The Morgan fingerprint density at radius 1 is 1.45 bits per heavy atom. The van der Waals surface area contributed by atoms with Crippen molar-refractivity contribution in [1.29, 1.82) is 0 Å². The summed E-state index contributed by atoms with van der Waals surface area (Å²) in [6.07, 6.45) is 2.62. The summed E-state index contributed by atoms with van der Waals surface area (Å²) in [6.45, 7) is 9.37. The molecule has 1 aromatic heterocycles. The van der Waals surface area contributed by atoms with Crippen LogP contribution < -0.4 is 10.6 Å². The minimum atomic E-state index is -0.275. The maximum absolute atomic E-state index is 14.4. The van der Waals surface area contributed by atoms with Gasteiger partial charge in [-0.1, -0.05) is 0 Å². The van der Waals surface area contributed by atoms with Crippen molar-refractivity contribution < 1.29 is 9.13 Å². The van der Waals surface area contributed by atoms with E-state index in [1.54, 1.807) is 12.3 Å². The highest BCUT2D eigenvalue weighted by Gasteiger charge is 2.25. The number of aromatic nitrogens is 1. The lowest BCUT2D eigenvalue weighted by Crippen LogP contribution is -2.35. The molecule has 1 aliphatic heterocycles. The van der Waals surface area contributed by atoms with E-state index in [0.717, 1.165) is 6.42 Å². The van der Waals surface area contributed by atoms with Crippen LogP contribution in [0.1, 0.15) is 39.7 Å². The Morgan fingerprint density at radius 2 is 2.20 bits per heavy atom. The van der Waals surface area contributed by atoms with Crippen molar-refractivity contribution in [3.05, 3.63) is 23.6 Å². The predicted molar refractivity (Wildman–Crippen MR) is 78.2 cm³/mol. The lowest BCUT2D eigenvalue weighted by Gasteiger charge is -2.22. The first-order valence-corrected chi connectivity index (χ1v) is 7.13. The molecule has 0 aromatic carbocycles. The zero-order chi connectivity index (χ0) is 14.8. The highest BCUT2D eigenvalue weighted by atomic mass is 19.1. The summed E-state index contributed by atoms with van der Waals surface area (Å²) in [4.78, 5) is 4.11. The minimum absolute atomic E-state index is 0.0445. The molecular weight excluding hydrogens is 257 g/mol. The van der Waals surface area contributed by atoms with Crippen molar-refractivity contribution in [2.45, 2.75) is 58.3 Å². The molecule has 2 unspecified atom stereocenters. The maximum Gasteiger partial charge on any atom is 0.169 e. The summed E-state index contributed by atoms with van der Waals surface area (Å²) < 4.78 is 19.9. The molecule has 0 amide bonds. The van der Waals surface area contributed by atoms with Crippen molar-refractivity contribution in [2.24, 2.45) is 0 Å². The molecule has 1 saturated heterocycles. The average molecular weight is 281 g/mol. The zero-order valence-electron chi connectivity index (χ0n) is 12.7. The van der Waals surface area contributed by atoms with Gasteiger partial charge >= 0.3 is 0 Å². The van der Waals surface area contributed by atoms with Crippen molar-refractivity contribution >= 4 is 5.82 Å². The van der Waals surface area contributed by atoms with Crippen LogP contribution in [0.2, 0.25) is 0 Å². The molecule has 0 saturated carbocycles. The summed E-state index contributed by atoms with van der Waals surface area (Å²) in [5, 5.41) is 6.45. The van der Waals surface area contributed by atoms with Crippen LogP contribution in [0.15, 0.2) is 12.3 Å². The van der Waals surface area contributed by atoms with Gasteiger partial charge in [0.2, 0.25) is 0 Å². The molecule has 1 fully saturated rings. The van der Waals surface area contributed by atoms with Gasteiger partial charge in [0.1, 0.15) is 0 Å². The molecule has 0 radical (unpaired) electrons. The summed E-state index contributed by atoms with van der Waals surface area (Å²) >= 11 is 0. The van der Waals surface area contributed by atoms with Crippen molar-refractivity contribution in [2.75, 3.05) is 11.9 Å². The zero-order valence-corrected chi connectivity index (χ0v) is 12.7. The molecule has 112 valence electrons. The number of hydrogen-bond acceptors (Lipinski definition) is 4. The van der Waals surface area contributed by atoms with Crippen LogP contribution in [0.4, 0.5) is 10.2 Å². The quantitative estimate of drug-likeness (QED) is 0.891. The van der Waals surface area contributed by atoms with E-state index in [4.69, 9.17) is 4.74 Å². The number of nitrogens with one attached hydrogen (secondary N) is 2. The molecule has 2 atom stereocenters. The molecule has 1 aliphatic rings. The van der Waals surface area contributed by atoms with Crippen LogP contribution in [0, 0.1) is 5.82 Å². The SMILES string of the molecule is CC1OCCC1Nc1nccc(CNC(C)(C)C)c1F. The monoisotopic (exact) mass is 281 g/mol. The molecule has 4 nitrogen and oxygen atoms in total. The van der Waals surface area contributed by atoms with E-state index >= 15 is 0 Å². The molecule has 2 heterocycles. The normalized spacial score (nSPS) is 23.1. The van der Waals surface area contributed by atoms with Crippen molar-refractivity contribution in [3.63, 3.8) is 0 Å². The van der Waals surface area contributed by atoms with Gasteiger partial charge in [-0.3, -0.25) is 0 Å². The van der Waals surface area contributed by atoms with E-state index in [0.29, 0.717) is 24.5 Å². The lowest BCUT2D eigenvalue weighted by molar-refractivity contribution is 0.121. The van der Waals surface area contributed by atoms with E-state index in [2.05, 4.69) is 36.4 Å². The van der Waals surface area contributed by atoms with E-state index in [1.807, 2.05) is 6.92 Å². The number of ether oxygens (including phenoxy) is 1. The van der Waals surface area contributed by atoms with Crippen LogP contribution in [-0.4, -0.2) is 29.3 Å². The number of anilines is 1. The number of pyridine rings is 1. The molecule has 0 bridgehead atoms. The fourth-order valence-electron chi connectivity index (χ4n) is 2.18. The summed E-state index contributed by atoms with van der Waals surface area (Å²) in [5.74, 6) is 0.0453. The predicted octanol–water partition coefficient (Wildman–Crippen LogP) is 2.70. The fourth-order valence-corrected chi connectivity index (χ4v) is 2.18. The third kappa shape index (κ3) is 3.90. The van der Waals surface area contributed by atoms with Crippen LogP contribution in [0.5, 0.6) is 0 Å². The third-order valence-corrected chi connectivity index (χ3v) is 3.48. The number of rotatable bonds is 4. The summed E-state index contributed by atoms with van der Waals surface area (Å²) in [7, 11) is 0. The van der Waals surface area contributed by atoms with Gasteiger partial charge in [-0.2, -0.15) is 0 Å². The molecule has 0 spiro atoms. The lowest BCUT2D eigenvalue weighted by atomic mass is 10.1. The van der Waals surface area contributed by atoms with Gasteiger partial charge in [-0.15, -0.1) is 0 Å². The van der Waals surface area contributed by atoms with Crippen LogP contribution in [-0.2, 0) is 11.3 Å². The number of hydrogen-bond donors (Lipinski definition) is 2. The van der Waals surface area contributed by atoms with Gasteiger partial charge in [0.05, 0.1) is 12.1 Å². The summed E-state index contributed by atoms with van der Waals surface area (Å²) in [6, 6.07) is 1.84. The second-order valence-electron chi connectivity index (χ2n) is 6.35. The standard InChI is InChI=1S/C15H24FN3O/c1-10-12(6-8-20-10)19-14-13(16)11(5-7-17-14)9-18-15(2,3)4/h5,7,10,12,18H,6,8-9H2,1-4H3,(H,17,19). The van der Waals surface area contributed by atoms with Crippen molar-refractivity contribution in [3.8, 4) is 0 Å². The van der Waals surface area contributed by atoms with Crippen molar-refractivity contribution in [1.82, 2.24) is 10.3 Å². The maximum atomic E-state index is 14.4. The molecule has 20 heavy (non-hydrogen) atoms. The second-order valence-corrected chi connectivity index (χ2v) is 6.35. The topological polar surface area (TPSA) is 46.2 Å². The Morgan fingerprint density at radius 3 is 2.80 bits per heavy atom. The first kappa shape index (κ1) is 15.2. The van der Waals surface area contributed by atoms with Crippen LogP contribution in [0.25, 0.3) is 0 Å². The first-order chi connectivity index (χ1) is 9.37. The Balaban J connectivity index is 2.07. The largest absolute Gasteiger partial charge is 0.376 e. The number of halogens is 1. The van der Waals surface area contributed by atoms with Crippen LogP contribution >= 0.6 is 0 Å². The summed E-state index contributed by atoms with van der Waals surface area (Å²) in [5.41, 5.74) is 0.584. The minimum Gasteiger partial charge on any atom is -0.376 e. The fraction of sp³-hybridized carbons (Fsp3) is 0.667. The molecular formula is C15H24FN3O. The third-order valence-electron chi connectivity index (χ3n) is 3.48. The van der Waals surface area contributed by atoms with E-state index in [-0.39, 0.29) is 23.5 Å². The van der Waals surface area contributed by atoms with E-state index in [9.17, 15) is 4.39 Å². The molecule has 1 aromatic rings. The van der Waals surface area contributed by atoms with Gasteiger partial charge in [0.15, 0.2) is 11.6 Å². The molecule has 0 aliphatic carbocycles. The highest BCUT2D eigenvalue weighted by molar-refractivity contribution is 5.41. The highest BCUT2D eigenvalue weighted by Crippen LogP contribution is 2.21. The van der Waals surface area contributed by atoms with Gasteiger partial charge in [-0.25, -0.2) is 9.37 Å². The van der Waals surface area contributed by atoms with Gasteiger partial charge in [0.25, 0.3) is 0 Å². The Kier molecular flexibility index (Phi) is 4.60. The smallest absolute Gasteiger partial charge is 0.169 e. The molecule has 5 heteroatoms. The van der Waals surface area contributed by atoms with Gasteiger partial charge < -0.3 is 15.4 Å². The van der Waals surface area contributed by atoms with Gasteiger partial charge in [-0.05, 0) is 40.2 Å². The average Bonchev–Trinajstić information content (AvgIpc) is 2.75. The Bertz CT molecular complexity index is 459. The number of nitrogens with zero attached hydrogens (tertiary/aromatic N) is 1. The molecule has 2 rings (SSSR count). The van der Waals surface area contributed by atoms with E-state index in [1.165, 1.54) is 0 Å². The Hall–Kier alpha value is -1.20. The van der Waals surface area contributed by atoms with E-state index < -0.39 is 0 Å². The first-order valence-electron chi connectivity index (χ1n) is 7.13. The Labute approximate surface area is 120 Å². The van der Waals surface area contributed by atoms with Crippen LogP contribution in [0.3, 0.4) is 0 Å².